The van der Waals surface area contributed by atoms with Crippen molar-refractivity contribution in [2.24, 2.45) is 0 Å². The second-order valence-corrected chi connectivity index (χ2v) is 8.07. The number of phenolic OH excluding ortho intramolecular Hbond substituents is 1. The first-order valence-corrected chi connectivity index (χ1v) is 10.8. The summed E-state index contributed by atoms with van der Waals surface area (Å²) in [6.45, 7) is 2.11. The van der Waals surface area contributed by atoms with Crippen LogP contribution < -0.4 is 10.1 Å². The maximum atomic E-state index is 10.7. The lowest BCUT2D eigenvalue weighted by molar-refractivity contribution is 0.222. The van der Waals surface area contributed by atoms with E-state index in [1.54, 1.807) is 17.8 Å². The van der Waals surface area contributed by atoms with Crippen molar-refractivity contribution >= 4 is 28.2 Å². The number of rotatable bonds is 4. The van der Waals surface area contributed by atoms with E-state index in [2.05, 4.69) is 27.4 Å². The minimum atomic E-state index is -0.640. The third-order valence-corrected chi connectivity index (χ3v) is 6.02. The Morgan fingerprint density at radius 3 is 2.77 bits per heavy atom. The van der Waals surface area contributed by atoms with Crippen molar-refractivity contribution in [1.82, 2.24) is 15.2 Å². The van der Waals surface area contributed by atoms with E-state index in [0.717, 1.165) is 34.2 Å². The number of benzene rings is 3. The van der Waals surface area contributed by atoms with E-state index in [9.17, 15) is 5.11 Å². The van der Waals surface area contributed by atoms with Crippen LogP contribution >= 0.6 is 11.8 Å². The van der Waals surface area contributed by atoms with Gasteiger partial charge in [0.2, 0.25) is 17.3 Å². The van der Waals surface area contributed by atoms with Crippen LogP contribution in [0.2, 0.25) is 0 Å². The molecule has 0 aliphatic carbocycles. The maximum Gasteiger partial charge on any atom is 0.247 e. The van der Waals surface area contributed by atoms with Crippen molar-refractivity contribution in [3.05, 3.63) is 66.2 Å². The minimum absolute atomic E-state index is 0.162. The first-order chi connectivity index (χ1) is 14.7. The normalized spacial score (nSPS) is 14.9. The van der Waals surface area contributed by atoms with Crippen molar-refractivity contribution in [2.45, 2.75) is 24.7 Å². The van der Waals surface area contributed by atoms with Crippen LogP contribution in [0.15, 0.2) is 65.8 Å². The molecular weight excluding hydrogens is 396 g/mol. The number of fused-ring (bicyclic) bond motifs is 4. The molecule has 0 fully saturated rings. The lowest BCUT2D eigenvalue weighted by Gasteiger charge is -2.22. The Labute approximate surface area is 178 Å². The predicted molar refractivity (Wildman–Crippen MR) is 119 cm³/mol. The van der Waals surface area contributed by atoms with Crippen LogP contribution in [0.3, 0.4) is 0 Å². The van der Waals surface area contributed by atoms with E-state index in [1.807, 2.05) is 54.6 Å². The highest BCUT2D eigenvalue weighted by Crippen LogP contribution is 2.42. The lowest BCUT2D eigenvalue weighted by Crippen LogP contribution is -2.17. The van der Waals surface area contributed by atoms with E-state index in [1.165, 1.54) is 0 Å². The number of hydrogen-bond donors (Lipinski definition) is 2. The van der Waals surface area contributed by atoms with E-state index in [0.29, 0.717) is 22.3 Å². The molecule has 0 saturated heterocycles. The molecule has 4 aromatic rings. The van der Waals surface area contributed by atoms with Gasteiger partial charge in [-0.15, -0.1) is 10.2 Å². The number of ether oxygens (including phenoxy) is 1. The smallest absolute Gasteiger partial charge is 0.247 e. The van der Waals surface area contributed by atoms with Gasteiger partial charge in [-0.25, -0.2) is 0 Å². The third-order valence-electron chi connectivity index (χ3n) is 4.98. The van der Waals surface area contributed by atoms with Crippen molar-refractivity contribution in [2.75, 3.05) is 11.1 Å². The molecule has 0 bridgehead atoms. The van der Waals surface area contributed by atoms with Crippen LogP contribution in [0, 0.1) is 0 Å². The standard InChI is InChI=1S/C23H20N4O2S/c1-2-13-30-23-25-22-20(26-27-23)16-9-5-6-10-17(16)24-21(29-22)19-15-8-4-3-7-14(15)11-12-18(19)28/h3-12,21,24,28H,2,13H2,1H3/t21-/m1/s1. The Hall–Kier alpha value is -3.32. The van der Waals surface area contributed by atoms with Gasteiger partial charge in [-0.2, -0.15) is 4.98 Å². The first-order valence-electron chi connectivity index (χ1n) is 9.85. The van der Waals surface area contributed by atoms with Gasteiger partial charge in [0.25, 0.3) is 0 Å². The summed E-state index contributed by atoms with van der Waals surface area (Å²) in [5, 5.41) is 25.4. The molecule has 0 saturated carbocycles. The van der Waals surface area contributed by atoms with Gasteiger partial charge in [-0.3, -0.25) is 0 Å². The Balaban J connectivity index is 1.68. The molecule has 1 aliphatic heterocycles. The number of thioether (sulfide) groups is 1. The molecule has 3 aromatic carbocycles. The quantitative estimate of drug-likeness (QED) is 0.431. The maximum absolute atomic E-state index is 10.7. The predicted octanol–water partition coefficient (Wildman–Crippen LogP) is 5.40. The number of nitrogens with zero attached hydrogens (tertiary/aromatic N) is 3. The molecule has 5 rings (SSSR count). The van der Waals surface area contributed by atoms with Gasteiger partial charge in [0.15, 0.2) is 5.69 Å². The topological polar surface area (TPSA) is 80.2 Å². The number of nitrogens with one attached hydrogen (secondary N) is 1. The lowest BCUT2D eigenvalue weighted by atomic mass is 10.0. The highest BCUT2D eigenvalue weighted by Gasteiger charge is 2.28. The molecule has 1 aromatic heterocycles. The molecule has 0 radical (unpaired) electrons. The average Bonchev–Trinajstić information content (AvgIpc) is 2.93. The Morgan fingerprint density at radius 2 is 1.87 bits per heavy atom. The van der Waals surface area contributed by atoms with Crippen molar-refractivity contribution in [3.8, 4) is 22.9 Å². The second kappa shape index (κ2) is 7.84. The van der Waals surface area contributed by atoms with Crippen LogP contribution in [-0.4, -0.2) is 26.0 Å². The fourth-order valence-corrected chi connectivity index (χ4v) is 4.22. The fourth-order valence-electron chi connectivity index (χ4n) is 3.59. The average molecular weight is 417 g/mol. The molecule has 6 nitrogen and oxygen atoms in total. The molecule has 0 spiro atoms. The number of anilines is 1. The van der Waals surface area contributed by atoms with Gasteiger partial charge in [0.05, 0.1) is 5.56 Å². The molecule has 1 aliphatic rings. The van der Waals surface area contributed by atoms with Gasteiger partial charge in [-0.1, -0.05) is 67.2 Å². The number of aromatic nitrogens is 3. The number of aromatic hydroxyl groups is 1. The van der Waals surface area contributed by atoms with E-state index in [-0.39, 0.29) is 5.75 Å². The number of phenols is 1. The number of para-hydroxylation sites is 1. The minimum Gasteiger partial charge on any atom is -0.507 e. The van der Waals surface area contributed by atoms with Gasteiger partial charge < -0.3 is 15.2 Å². The van der Waals surface area contributed by atoms with Crippen LogP contribution in [0.25, 0.3) is 22.0 Å². The van der Waals surface area contributed by atoms with Crippen LogP contribution in [0.4, 0.5) is 5.69 Å². The molecule has 30 heavy (non-hydrogen) atoms. The summed E-state index contributed by atoms with van der Waals surface area (Å²) in [6, 6.07) is 19.3. The van der Waals surface area contributed by atoms with Gasteiger partial charge in [-0.05, 0) is 29.3 Å². The van der Waals surface area contributed by atoms with E-state index < -0.39 is 6.23 Å². The van der Waals surface area contributed by atoms with Crippen molar-refractivity contribution in [1.29, 1.82) is 0 Å². The van der Waals surface area contributed by atoms with Crippen LogP contribution in [0.5, 0.6) is 11.6 Å². The fraction of sp³-hybridized carbons (Fsp3) is 0.174. The molecule has 0 unspecified atom stereocenters. The summed E-state index contributed by atoms with van der Waals surface area (Å²) in [7, 11) is 0. The largest absolute Gasteiger partial charge is 0.507 e. The van der Waals surface area contributed by atoms with E-state index >= 15 is 0 Å². The zero-order valence-corrected chi connectivity index (χ0v) is 17.2. The molecule has 2 heterocycles. The summed E-state index contributed by atoms with van der Waals surface area (Å²) >= 11 is 1.55. The Kier molecular flexibility index (Phi) is 4.88. The molecule has 0 amide bonds. The molecule has 2 N–H and O–H groups in total. The monoisotopic (exact) mass is 416 g/mol. The van der Waals surface area contributed by atoms with Crippen molar-refractivity contribution < 1.29 is 9.84 Å². The first kappa shape index (κ1) is 18.7. The van der Waals surface area contributed by atoms with Gasteiger partial charge >= 0.3 is 0 Å². The second-order valence-electron chi connectivity index (χ2n) is 7.00. The highest BCUT2D eigenvalue weighted by atomic mass is 32.2. The summed E-state index contributed by atoms with van der Waals surface area (Å²) < 4.78 is 6.34. The summed E-state index contributed by atoms with van der Waals surface area (Å²) in [6.07, 6.45) is 0.377. The molecule has 7 heteroatoms. The van der Waals surface area contributed by atoms with Gasteiger partial charge in [0, 0.05) is 17.0 Å². The van der Waals surface area contributed by atoms with Crippen LogP contribution in [0.1, 0.15) is 25.1 Å². The molecular formula is C23H20N4O2S. The van der Waals surface area contributed by atoms with Gasteiger partial charge in [0.1, 0.15) is 5.75 Å². The number of hydrogen-bond acceptors (Lipinski definition) is 7. The third kappa shape index (κ3) is 3.31. The van der Waals surface area contributed by atoms with Crippen molar-refractivity contribution in [3.63, 3.8) is 0 Å². The zero-order valence-electron chi connectivity index (χ0n) is 16.4. The van der Waals surface area contributed by atoms with E-state index in [4.69, 9.17) is 4.74 Å². The Morgan fingerprint density at radius 1 is 1.03 bits per heavy atom. The molecule has 150 valence electrons. The SMILES string of the molecule is CCCSc1nnc2c(n1)O[C@H](c1c(O)ccc3ccccc13)Nc1ccccc1-2. The summed E-state index contributed by atoms with van der Waals surface area (Å²) in [4.78, 5) is 4.64. The summed E-state index contributed by atoms with van der Waals surface area (Å²) in [5.41, 5.74) is 2.96. The zero-order chi connectivity index (χ0) is 20.5. The van der Waals surface area contributed by atoms with Crippen LogP contribution in [-0.2, 0) is 0 Å². The molecule has 1 atom stereocenters. The Bertz CT molecular complexity index is 1230. The summed E-state index contributed by atoms with van der Waals surface area (Å²) in [5.74, 6) is 1.47. The highest BCUT2D eigenvalue weighted by molar-refractivity contribution is 7.99.